The van der Waals surface area contributed by atoms with Gasteiger partial charge in [0, 0.05) is 6.07 Å². The average molecular weight is 256 g/mol. The van der Waals surface area contributed by atoms with Gasteiger partial charge in [0.05, 0.1) is 34.7 Å². The van der Waals surface area contributed by atoms with Crippen molar-refractivity contribution in [3.63, 3.8) is 0 Å². The number of hydrogen-bond acceptors (Lipinski definition) is 7. The highest BCUT2D eigenvalue weighted by atomic mass is 16.7. The topological polar surface area (TPSA) is 125 Å². The van der Waals surface area contributed by atoms with Gasteiger partial charge in [0.15, 0.2) is 6.29 Å². The van der Waals surface area contributed by atoms with Crippen molar-refractivity contribution < 1.29 is 24.4 Å². The lowest BCUT2D eigenvalue weighted by Gasteiger charge is -2.10. The van der Waals surface area contributed by atoms with E-state index in [1.54, 1.807) is 0 Å². The first kappa shape index (κ1) is 12.2. The Labute approximate surface area is 99.8 Å². The quantitative estimate of drug-likeness (QED) is 0.637. The standard InChI is InChI=1S/C9H8N2O7/c12-8-6(9-17-1-2-18-9)3-5(10(13)14)4-7(8)11(15)16/h3-4,9,12H,1-2H2. The number of aromatic hydroxyl groups is 1. The van der Waals surface area contributed by atoms with Gasteiger partial charge in [-0.2, -0.15) is 0 Å². The number of nitro benzene ring substituents is 2. The maximum atomic E-state index is 10.7. The summed E-state index contributed by atoms with van der Waals surface area (Å²) in [7, 11) is 0. The highest BCUT2D eigenvalue weighted by Crippen LogP contribution is 2.40. The Morgan fingerprint density at radius 3 is 2.28 bits per heavy atom. The second-order valence-corrected chi connectivity index (χ2v) is 3.49. The van der Waals surface area contributed by atoms with Gasteiger partial charge in [0.1, 0.15) is 0 Å². The first-order valence-corrected chi connectivity index (χ1v) is 4.89. The van der Waals surface area contributed by atoms with E-state index in [1.165, 1.54) is 0 Å². The number of rotatable bonds is 3. The minimum Gasteiger partial charge on any atom is -0.502 e. The van der Waals surface area contributed by atoms with Crippen LogP contribution in [0.4, 0.5) is 11.4 Å². The summed E-state index contributed by atoms with van der Waals surface area (Å²) in [6.07, 6.45) is -1.02. The number of phenolic OH excluding ortho intramolecular Hbond substituents is 1. The number of non-ortho nitro benzene ring substituents is 1. The summed E-state index contributed by atoms with van der Waals surface area (Å²) in [6, 6.07) is 1.69. The summed E-state index contributed by atoms with van der Waals surface area (Å²) < 4.78 is 10.1. The summed E-state index contributed by atoms with van der Waals surface area (Å²) in [5.74, 6) is -0.683. The Kier molecular flexibility index (Phi) is 3.08. The van der Waals surface area contributed by atoms with Crippen LogP contribution in [0.2, 0.25) is 0 Å². The van der Waals surface area contributed by atoms with Gasteiger partial charge in [-0.15, -0.1) is 0 Å². The molecule has 0 spiro atoms. The van der Waals surface area contributed by atoms with Crippen molar-refractivity contribution in [2.24, 2.45) is 0 Å². The van der Waals surface area contributed by atoms with Crippen LogP contribution in [0.3, 0.4) is 0 Å². The zero-order valence-corrected chi connectivity index (χ0v) is 8.94. The van der Waals surface area contributed by atoms with Crippen molar-refractivity contribution in [3.05, 3.63) is 37.9 Å². The maximum Gasteiger partial charge on any atom is 0.318 e. The molecule has 1 heterocycles. The largest absolute Gasteiger partial charge is 0.502 e. The molecule has 1 aromatic rings. The highest BCUT2D eigenvalue weighted by molar-refractivity contribution is 5.58. The van der Waals surface area contributed by atoms with Gasteiger partial charge in [0.2, 0.25) is 5.75 Å². The molecule has 1 N–H and O–H groups in total. The van der Waals surface area contributed by atoms with E-state index in [4.69, 9.17) is 9.47 Å². The summed E-state index contributed by atoms with van der Waals surface area (Å²) in [4.78, 5) is 19.7. The lowest BCUT2D eigenvalue weighted by molar-refractivity contribution is -0.395. The van der Waals surface area contributed by atoms with Crippen LogP contribution in [0.1, 0.15) is 11.9 Å². The van der Waals surface area contributed by atoms with Gasteiger partial charge < -0.3 is 14.6 Å². The molecule has 1 aliphatic heterocycles. The molecule has 9 nitrogen and oxygen atoms in total. The van der Waals surface area contributed by atoms with E-state index in [0.29, 0.717) is 6.07 Å². The molecule has 18 heavy (non-hydrogen) atoms. The SMILES string of the molecule is O=[N+]([O-])c1cc(C2OCCO2)c(O)c([N+](=O)[O-])c1. The minimum atomic E-state index is -1.02. The molecule has 1 fully saturated rings. The fraction of sp³-hybridized carbons (Fsp3) is 0.333. The first-order chi connectivity index (χ1) is 8.50. The lowest BCUT2D eigenvalue weighted by atomic mass is 10.1. The third kappa shape index (κ3) is 2.08. The molecular formula is C9H8N2O7. The third-order valence-electron chi connectivity index (χ3n) is 2.39. The van der Waals surface area contributed by atoms with Crippen LogP contribution in [0, 0.1) is 20.2 Å². The van der Waals surface area contributed by atoms with Crippen molar-refractivity contribution in [2.45, 2.75) is 6.29 Å². The Hall–Kier alpha value is -2.26. The second-order valence-electron chi connectivity index (χ2n) is 3.49. The zero-order chi connectivity index (χ0) is 13.3. The van der Waals surface area contributed by atoms with E-state index >= 15 is 0 Å². The van der Waals surface area contributed by atoms with Gasteiger partial charge in [-0.25, -0.2) is 0 Å². The molecule has 0 amide bonds. The molecule has 0 atom stereocenters. The molecule has 1 aliphatic rings. The smallest absolute Gasteiger partial charge is 0.318 e. The average Bonchev–Trinajstić information content (AvgIpc) is 2.81. The van der Waals surface area contributed by atoms with Crippen molar-refractivity contribution in [3.8, 4) is 5.75 Å². The van der Waals surface area contributed by atoms with Gasteiger partial charge >= 0.3 is 5.69 Å². The van der Waals surface area contributed by atoms with Crippen LogP contribution >= 0.6 is 0 Å². The second kappa shape index (κ2) is 4.55. The predicted octanol–water partition coefficient (Wildman–Crippen LogP) is 1.25. The van der Waals surface area contributed by atoms with Gasteiger partial charge in [-0.05, 0) is 0 Å². The molecule has 0 aliphatic carbocycles. The molecule has 0 unspecified atom stereocenters. The molecule has 96 valence electrons. The Morgan fingerprint density at radius 2 is 1.78 bits per heavy atom. The minimum absolute atomic E-state index is 0.117. The van der Waals surface area contributed by atoms with Gasteiger partial charge in [-0.1, -0.05) is 0 Å². The molecule has 0 radical (unpaired) electrons. The third-order valence-corrected chi connectivity index (χ3v) is 2.39. The molecule has 0 saturated carbocycles. The van der Waals surface area contributed by atoms with Crippen molar-refractivity contribution in [1.29, 1.82) is 0 Å². The Balaban J connectivity index is 2.55. The Morgan fingerprint density at radius 1 is 1.17 bits per heavy atom. The van der Waals surface area contributed by atoms with E-state index in [2.05, 4.69) is 0 Å². The number of hydrogen-bond donors (Lipinski definition) is 1. The predicted molar refractivity (Wildman–Crippen MR) is 56.1 cm³/mol. The molecule has 0 bridgehead atoms. The Bertz CT molecular complexity index is 510. The van der Waals surface area contributed by atoms with Gasteiger partial charge in [-0.3, -0.25) is 20.2 Å². The number of phenols is 1. The van der Waals surface area contributed by atoms with Gasteiger partial charge in [0.25, 0.3) is 5.69 Å². The summed E-state index contributed by atoms with van der Waals surface area (Å²) in [6.45, 7) is 0.501. The number of benzene rings is 1. The van der Waals surface area contributed by atoms with Crippen LogP contribution in [0.25, 0.3) is 0 Å². The first-order valence-electron chi connectivity index (χ1n) is 4.89. The van der Waals surface area contributed by atoms with E-state index in [-0.39, 0.29) is 18.8 Å². The van der Waals surface area contributed by atoms with Crippen LogP contribution in [-0.4, -0.2) is 28.2 Å². The molecule has 1 saturated heterocycles. The van der Waals surface area contributed by atoms with Crippen LogP contribution in [0.5, 0.6) is 5.75 Å². The monoisotopic (exact) mass is 256 g/mol. The summed E-state index contributed by atoms with van der Waals surface area (Å²) in [5, 5.41) is 31.1. The lowest BCUT2D eigenvalue weighted by Crippen LogP contribution is -2.02. The number of ether oxygens (including phenoxy) is 2. The molecule has 2 rings (SSSR count). The number of nitro groups is 2. The van der Waals surface area contributed by atoms with E-state index in [1.807, 2.05) is 0 Å². The van der Waals surface area contributed by atoms with Crippen LogP contribution in [-0.2, 0) is 9.47 Å². The molecule has 9 heteroatoms. The highest BCUT2D eigenvalue weighted by Gasteiger charge is 2.30. The fourth-order valence-corrected chi connectivity index (χ4v) is 1.59. The van der Waals surface area contributed by atoms with Crippen molar-refractivity contribution in [2.75, 3.05) is 13.2 Å². The molecule has 0 aromatic heterocycles. The van der Waals surface area contributed by atoms with Crippen LogP contribution in [0.15, 0.2) is 12.1 Å². The molecular weight excluding hydrogens is 248 g/mol. The maximum absolute atomic E-state index is 10.7. The van der Waals surface area contributed by atoms with Crippen LogP contribution < -0.4 is 0 Å². The summed E-state index contributed by atoms with van der Waals surface area (Å²) in [5.41, 5.74) is -1.37. The van der Waals surface area contributed by atoms with Crippen molar-refractivity contribution >= 4 is 11.4 Å². The van der Waals surface area contributed by atoms with E-state index < -0.39 is 33.3 Å². The fourth-order valence-electron chi connectivity index (χ4n) is 1.59. The normalized spacial score (nSPS) is 15.8. The van der Waals surface area contributed by atoms with Crippen molar-refractivity contribution in [1.82, 2.24) is 0 Å². The van der Waals surface area contributed by atoms with E-state index in [9.17, 15) is 25.3 Å². The number of nitrogens with zero attached hydrogens (tertiary/aromatic N) is 2. The molecule has 1 aromatic carbocycles. The zero-order valence-electron chi connectivity index (χ0n) is 8.94. The summed E-state index contributed by atoms with van der Waals surface area (Å²) >= 11 is 0. The van der Waals surface area contributed by atoms with E-state index in [0.717, 1.165) is 6.07 Å².